The molecule has 0 aromatic carbocycles. The molecule has 1 aromatic heterocycles. The van der Waals surface area contributed by atoms with Crippen molar-refractivity contribution < 1.29 is 9.84 Å². The predicted octanol–water partition coefficient (Wildman–Crippen LogP) is 1.15. The Kier molecular flexibility index (Phi) is 1.80. The van der Waals surface area contributed by atoms with Crippen molar-refractivity contribution in [3.63, 3.8) is 0 Å². The molecule has 13 heavy (non-hydrogen) atoms. The van der Waals surface area contributed by atoms with E-state index >= 15 is 0 Å². The second-order valence-electron chi connectivity index (χ2n) is 3.72. The zero-order chi connectivity index (χ0) is 9.47. The van der Waals surface area contributed by atoms with Crippen molar-refractivity contribution >= 4 is 0 Å². The van der Waals surface area contributed by atoms with E-state index in [9.17, 15) is 5.11 Å². The van der Waals surface area contributed by atoms with E-state index in [2.05, 4.69) is 4.98 Å². The van der Waals surface area contributed by atoms with Gasteiger partial charge in [-0.05, 0) is 19.8 Å². The van der Waals surface area contributed by atoms with Crippen LogP contribution in [0, 0.1) is 0 Å². The zero-order valence-electron chi connectivity index (χ0n) is 7.95. The number of aryl methyl sites for hydroxylation is 1. The van der Waals surface area contributed by atoms with Crippen LogP contribution in [-0.4, -0.2) is 21.3 Å². The lowest BCUT2D eigenvalue weighted by molar-refractivity contribution is 0.00707. The van der Waals surface area contributed by atoms with Gasteiger partial charge in [-0.1, -0.05) is 0 Å². The van der Waals surface area contributed by atoms with Crippen molar-refractivity contribution in [3.8, 4) is 5.88 Å². The Balaban J connectivity index is 2.38. The van der Waals surface area contributed by atoms with E-state index in [-0.39, 0.29) is 11.5 Å². The molecule has 1 atom stereocenters. The lowest BCUT2D eigenvalue weighted by atomic mass is 10.0. The van der Waals surface area contributed by atoms with Crippen LogP contribution in [0.5, 0.6) is 5.88 Å². The molecule has 1 aromatic rings. The number of ether oxygens (including phenoxy) is 1. The van der Waals surface area contributed by atoms with Gasteiger partial charge in [0.25, 0.3) is 0 Å². The van der Waals surface area contributed by atoms with E-state index in [1.165, 1.54) is 0 Å². The third-order valence-corrected chi connectivity index (χ3v) is 2.56. The maximum Gasteiger partial charge on any atom is 0.229 e. The molecule has 1 N–H and O–H groups in total. The normalized spacial score (nSPS) is 28.2. The lowest BCUT2D eigenvalue weighted by Gasteiger charge is -2.21. The first-order valence-corrected chi connectivity index (χ1v) is 4.48. The molecule has 1 aliphatic heterocycles. The quantitative estimate of drug-likeness (QED) is 0.708. The molecular formula is C9H14N2O2. The third-order valence-electron chi connectivity index (χ3n) is 2.56. The minimum absolute atomic E-state index is 0.0641. The number of hydrogen-bond donors (Lipinski definition) is 1. The van der Waals surface area contributed by atoms with Gasteiger partial charge in [0, 0.05) is 13.7 Å². The highest BCUT2D eigenvalue weighted by molar-refractivity contribution is 5.13. The number of rotatable bonds is 1. The highest BCUT2D eigenvalue weighted by Gasteiger charge is 2.35. The summed E-state index contributed by atoms with van der Waals surface area (Å²) in [4.78, 5) is 4.06. The Hall–Kier alpha value is -1.03. The summed E-state index contributed by atoms with van der Waals surface area (Å²) in [5.74, 6) is 0.872. The van der Waals surface area contributed by atoms with Gasteiger partial charge in [0.05, 0.1) is 6.20 Å². The molecule has 2 heterocycles. The summed E-state index contributed by atoms with van der Waals surface area (Å²) < 4.78 is 7.45. The second-order valence-corrected chi connectivity index (χ2v) is 3.72. The van der Waals surface area contributed by atoms with Crippen LogP contribution >= 0.6 is 0 Å². The molecule has 1 unspecified atom stereocenters. The first kappa shape index (κ1) is 8.56. The summed E-state index contributed by atoms with van der Waals surface area (Å²) in [5, 5.41) is 9.22. The largest absolute Gasteiger partial charge is 0.492 e. The topological polar surface area (TPSA) is 47.3 Å². The van der Waals surface area contributed by atoms with Crippen molar-refractivity contribution in [1.29, 1.82) is 0 Å². The van der Waals surface area contributed by atoms with E-state index < -0.39 is 0 Å². The zero-order valence-corrected chi connectivity index (χ0v) is 7.95. The smallest absolute Gasteiger partial charge is 0.229 e. The van der Waals surface area contributed by atoms with Crippen LogP contribution in [0.15, 0.2) is 6.20 Å². The van der Waals surface area contributed by atoms with Gasteiger partial charge in [-0.15, -0.1) is 0 Å². The Bertz CT molecular complexity index is 313. The van der Waals surface area contributed by atoms with Crippen LogP contribution in [0.4, 0.5) is 0 Å². The van der Waals surface area contributed by atoms with Gasteiger partial charge in [-0.25, -0.2) is 0 Å². The number of aromatic nitrogens is 2. The SMILES string of the molecule is Cn1cc(O)nc1C1(C)CCCO1. The van der Waals surface area contributed by atoms with Gasteiger partial charge in [-0.3, -0.25) is 0 Å². The fraction of sp³-hybridized carbons (Fsp3) is 0.667. The highest BCUT2D eigenvalue weighted by Crippen LogP contribution is 2.35. The molecule has 72 valence electrons. The standard InChI is InChI=1S/C9H14N2O2/c1-9(4-3-5-13-9)8-10-7(12)6-11(8)2/h6,12H,3-5H2,1-2H3. The molecule has 0 aliphatic carbocycles. The van der Waals surface area contributed by atoms with Gasteiger partial charge in [0.15, 0.2) is 0 Å². The first-order chi connectivity index (χ1) is 6.12. The van der Waals surface area contributed by atoms with E-state index in [0.717, 1.165) is 25.3 Å². The average molecular weight is 182 g/mol. The minimum atomic E-state index is -0.310. The third kappa shape index (κ3) is 1.31. The molecule has 2 rings (SSSR count). The van der Waals surface area contributed by atoms with E-state index in [0.29, 0.717) is 0 Å². The summed E-state index contributed by atoms with van der Waals surface area (Å²) in [7, 11) is 1.87. The predicted molar refractivity (Wildman–Crippen MR) is 47.4 cm³/mol. The minimum Gasteiger partial charge on any atom is -0.492 e. The second kappa shape index (κ2) is 2.73. The molecular weight excluding hydrogens is 168 g/mol. The Morgan fingerprint density at radius 3 is 2.92 bits per heavy atom. The molecule has 0 bridgehead atoms. The van der Waals surface area contributed by atoms with Crippen molar-refractivity contribution in [2.45, 2.75) is 25.4 Å². The van der Waals surface area contributed by atoms with Gasteiger partial charge in [-0.2, -0.15) is 4.98 Å². The van der Waals surface area contributed by atoms with Crippen molar-refractivity contribution in [2.24, 2.45) is 7.05 Å². The lowest BCUT2D eigenvalue weighted by Crippen LogP contribution is -2.24. The molecule has 0 radical (unpaired) electrons. The number of hydrogen-bond acceptors (Lipinski definition) is 3. The van der Waals surface area contributed by atoms with Crippen molar-refractivity contribution in [1.82, 2.24) is 9.55 Å². The van der Waals surface area contributed by atoms with Crippen molar-refractivity contribution in [3.05, 3.63) is 12.0 Å². The molecule has 0 amide bonds. The Labute approximate surface area is 77.2 Å². The van der Waals surface area contributed by atoms with E-state index in [4.69, 9.17) is 4.74 Å². The summed E-state index contributed by atoms with van der Waals surface area (Å²) >= 11 is 0. The maximum absolute atomic E-state index is 9.22. The highest BCUT2D eigenvalue weighted by atomic mass is 16.5. The van der Waals surface area contributed by atoms with Crippen LogP contribution in [0.3, 0.4) is 0 Å². The number of nitrogens with zero attached hydrogens (tertiary/aromatic N) is 2. The summed E-state index contributed by atoms with van der Waals surface area (Å²) in [6, 6.07) is 0. The fourth-order valence-corrected chi connectivity index (χ4v) is 1.90. The van der Waals surface area contributed by atoms with Crippen LogP contribution in [0.2, 0.25) is 0 Å². The Morgan fingerprint density at radius 2 is 2.46 bits per heavy atom. The fourth-order valence-electron chi connectivity index (χ4n) is 1.90. The first-order valence-electron chi connectivity index (χ1n) is 4.48. The molecule has 0 spiro atoms. The Morgan fingerprint density at radius 1 is 1.69 bits per heavy atom. The number of imidazole rings is 1. The van der Waals surface area contributed by atoms with Gasteiger partial charge < -0.3 is 14.4 Å². The van der Waals surface area contributed by atoms with Crippen LogP contribution < -0.4 is 0 Å². The van der Waals surface area contributed by atoms with Gasteiger partial charge >= 0.3 is 0 Å². The molecule has 4 heteroatoms. The van der Waals surface area contributed by atoms with E-state index in [1.54, 1.807) is 6.20 Å². The van der Waals surface area contributed by atoms with Gasteiger partial charge in [0.2, 0.25) is 5.88 Å². The summed E-state index contributed by atoms with van der Waals surface area (Å²) in [6.07, 6.45) is 3.63. The molecule has 1 aliphatic rings. The van der Waals surface area contributed by atoms with Crippen LogP contribution in [-0.2, 0) is 17.4 Å². The summed E-state index contributed by atoms with van der Waals surface area (Å²) in [5.41, 5.74) is -0.310. The monoisotopic (exact) mass is 182 g/mol. The van der Waals surface area contributed by atoms with E-state index in [1.807, 2.05) is 18.5 Å². The molecule has 4 nitrogen and oxygen atoms in total. The molecule has 1 saturated heterocycles. The van der Waals surface area contributed by atoms with Crippen LogP contribution in [0.25, 0.3) is 0 Å². The van der Waals surface area contributed by atoms with Crippen LogP contribution in [0.1, 0.15) is 25.6 Å². The van der Waals surface area contributed by atoms with Gasteiger partial charge in [0.1, 0.15) is 11.4 Å². The average Bonchev–Trinajstić information content (AvgIpc) is 2.59. The number of aromatic hydroxyl groups is 1. The van der Waals surface area contributed by atoms with Crippen molar-refractivity contribution in [2.75, 3.05) is 6.61 Å². The summed E-state index contributed by atoms with van der Waals surface area (Å²) in [6.45, 7) is 2.80. The maximum atomic E-state index is 9.22. The molecule has 1 fully saturated rings. The molecule has 0 saturated carbocycles.